The van der Waals surface area contributed by atoms with E-state index >= 15 is 0 Å². The number of pyridine rings is 1. The molecule has 6 nitrogen and oxygen atoms in total. The van der Waals surface area contributed by atoms with E-state index in [4.69, 9.17) is 4.74 Å². The van der Waals surface area contributed by atoms with E-state index in [9.17, 15) is 5.11 Å². The highest BCUT2D eigenvalue weighted by molar-refractivity contribution is 5.49. The van der Waals surface area contributed by atoms with Crippen LogP contribution in [0.5, 0.6) is 5.88 Å². The number of hydrogen-bond donors (Lipinski definition) is 1. The standard InChI is InChI=1S/C23H26N4O2/c1-15-5-4-6-20-19(15)13-17(28)14-21-25-26-23(27(20)21)16-8-10-18(11-9-16)29-22-7-2-3-12-24-22/h2-7,12,16-18,28H,8-11,13-14H2,1H3. The van der Waals surface area contributed by atoms with E-state index in [1.807, 2.05) is 18.2 Å². The van der Waals surface area contributed by atoms with Crippen molar-refractivity contribution >= 4 is 0 Å². The average molecular weight is 390 g/mol. The lowest BCUT2D eigenvalue weighted by atomic mass is 9.86. The molecule has 1 aliphatic heterocycles. The van der Waals surface area contributed by atoms with Gasteiger partial charge in [-0.25, -0.2) is 4.98 Å². The number of nitrogens with zero attached hydrogens (tertiary/aromatic N) is 4. The number of ether oxygens (including phenoxy) is 1. The highest BCUT2D eigenvalue weighted by atomic mass is 16.5. The Morgan fingerprint density at radius 1 is 1.00 bits per heavy atom. The SMILES string of the molecule is Cc1cccc2c1CC(O)Cc1nnc(C3CCC(Oc4ccccn4)CC3)n1-2. The van der Waals surface area contributed by atoms with Crippen molar-refractivity contribution < 1.29 is 9.84 Å². The monoisotopic (exact) mass is 390 g/mol. The molecule has 1 aromatic carbocycles. The summed E-state index contributed by atoms with van der Waals surface area (Å²) >= 11 is 0. The first-order valence-electron chi connectivity index (χ1n) is 10.5. The molecular formula is C23H26N4O2. The van der Waals surface area contributed by atoms with Crippen LogP contribution < -0.4 is 4.74 Å². The Balaban J connectivity index is 1.39. The van der Waals surface area contributed by atoms with Gasteiger partial charge in [-0.05, 0) is 55.9 Å². The average Bonchev–Trinajstić information content (AvgIpc) is 3.07. The second-order valence-corrected chi connectivity index (χ2v) is 8.20. The fourth-order valence-electron chi connectivity index (χ4n) is 4.70. The zero-order valence-electron chi connectivity index (χ0n) is 16.7. The first-order chi connectivity index (χ1) is 14.2. The van der Waals surface area contributed by atoms with E-state index < -0.39 is 6.10 Å². The predicted molar refractivity (Wildman–Crippen MR) is 109 cm³/mol. The summed E-state index contributed by atoms with van der Waals surface area (Å²) < 4.78 is 8.26. The van der Waals surface area contributed by atoms with Gasteiger partial charge in [0.1, 0.15) is 17.8 Å². The Kier molecular flexibility index (Phi) is 4.79. The second-order valence-electron chi connectivity index (χ2n) is 8.20. The molecule has 5 rings (SSSR count). The van der Waals surface area contributed by atoms with Crippen molar-refractivity contribution in [3.8, 4) is 11.6 Å². The molecule has 3 heterocycles. The van der Waals surface area contributed by atoms with Crippen molar-refractivity contribution in [3.05, 3.63) is 65.4 Å². The number of hydrogen-bond acceptors (Lipinski definition) is 5. The Morgan fingerprint density at radius 2 is 1.86 bits per heavy atom. The van der Waals surface area contributed by atoms with Gasteiger partial charge in [0, 0.05) is 31.0 Å². The van der Waals surface area contributed by atoms with Gasteiger partial charge in [-0.1, -0.05) is 18.2 Å². The molecule has 1 aliphatic carbocycles. The summed E-state index contributed by atoms with van der Waals surface area (Å²) in [6.07, 6.45) is 6.73. The minimum atomic E-state index is -0.421. The second kappa shape index (κ2) is 7.59. The van der Waals surface area contributed by atoms with E-state index in [0.717, 1.165) is 43.0 Å². The molecule has 0 radical (unpaired) electrons. The van der Waals surface area contributed by atoms with Crippen molar-refractivity contribution in [3.63, 3.8) is 0 Å². The summed E-state index contributed by atoms with van der Waals surface area (Å²) in [4.78, 5) is 4.28. The number of fused-ring (bicyclic) bond motifs is 3. The Hall–Kier alpha value is -2.73. The lowest BCUT2D eigenvalue weighted by Crippen LogP contribution is -2.25. The van der Waals surface area contributed by atoms with Crippen LogP contribution in [-0.2, 0) is 12.8 Å². The molecule has 1 fully saturated rings. The molecule has 6 heteroatoms. The molecule has 1 saturated carbocycles. The van der Waals surface area contributed by atoms with Gasteiger partial charge in [-0.3, -0.25) is 4.57 Å². The summed E-state index contributed by atoms with van der Waals surface area (Å²) in [7, 11) is 0. The molecular weight excluding hydrogens is 364 g/mol. The minimum Gasteiger partial charge on any atom is -0.474 e. The van der Waals surface area contributed by atoms with Crippen molar-refractivity contribution in [2.75, 3.05) is 0 Å². The van der Waals surface area contributed by atoms with Crippen LogP contribution in [0.15, 0.2) is 42.6 Å². The van der Waals surface area contributed by atoms with Crippen molar-refractivity contribution in [1.82, 2.24) is 19.7 Å². The summed E-state index contributed by atoms with van der Waals surface area (Å²) in [5.74, 6) is 2.94. The van der Waals surface area contributed by atoms with Gasteiger partial charge in [0.25, 0.3) is 0 Å². The van der Waals surface area contributed by atoms with E-state index in [-0.39, 0.29) is 6.10 Å². The number of aliphatic hydroxyl groups excluding tert-OH is 1. The van der Waals surface area contributed by atoms with Crippen molar-refractivity contribution in [2.24, 2.45) is 0 Å². The van der Waals surface area contributed by atoms with Crippen LogP contribution in [0, 0.1) is 6.92 Å². The number of aliphatic hydroxyl groups is 1. The molecule has 1 unspecified atom stereocenters. The maximum atomic E-state index is 10.5. The maximum absolute atomic E-state index is 10.5. The van der Waals surface area contributed by atoms with E-state index in [0.29, 0.717) is 24.6 Å². The fraction of sp³-hybridized carbons (Fsp3) is 0.435. The molecule has 0 saturated heterocycles. The van der Waals surface area contributed by atoms with Gasteiger partial charge in [0.2, 0.25) is 5.88 Å². The van der Waals surface area contributed by atoms with Gasteiger partial charge < -0.3 is 9.84 Å². The van der Waals surface area contributed by atoms with Crippen LogP contribution in [-0.4, -0.2) is 37.1 Å². The van der Waals surface area contributed by atoms with E-state index in [1.54, 1.807) is 6.20 Å². The number of rotatable bonds is 3. The Labute approximate surface area is 170 Å². The molecule has 150 valence electrons. The molecule has 2 aromatic heterocycles. The molecule has 3 aromatic rings. The highest BCUT2D eigenvalue weighted by Gasteiger charge is 2.31. The van der Waals surface area contributed by atoms with Gasteiger partial charge in [-0.2, -0.15) is 0 Å². The first kappa shape index (κ1) is 18.3. The van der Waals surface area contributed by atoms with Crippen LogP contribution in [0.2, 0.25) is 0 Å². The van der Waals surface area contributed by atoms with Gasteiger partial charge in [0.05, 0.1) is 11.8 Å². The van der Waals surface area contributed by atoms with Crippen LogP contribution in [0.4, 0.5) is 0 Å². The summed E-state index contributed by atoms with van der Waals surface area (Å²) in [6.45, 7) is 2.11. The lowest BCUT2D eigenvalue weighted by molar-refractivity contribution is 0.139. The molecule has 0 amide bonds. The third-order valence-electron chi connectivity index (χ3n) is 6.20. The van der Waals surface area contributed by atoms with Gasteiger partial charge in [0.15, 0.2) is 0 Å². The maximum Gasteiger partial charge on any atom is 0.213 e. The van der Waals surface area contributed by atoms with Crippen LogP contribution in [0.25, 0.3) is 5.69 Å². The third-order valence-corrected chi connectivity index (χ3v) is 6.20. The smallest absolute Gasteiger partial charge is 0.213 e. The first-order valence-corrected chi connectivity index (χ1v) is 10.5. The van der Waals surface area contributed by atoms with Crippen LogP contribution in [0.3, 0.4) is 0 Å². The topological polar surface area (TPSA) is 73.1 Å². The van der Waals surface area contributed by atoms with Crippen LogP contribution >= 0.6 is 0 Å². The lowest BCUT2D eigenvalue weighted by Gasteiger charge is -2.28. The molecule has 1 atom stereocenters. The Morgan fingerprint density at radius 3 is 2.66 bits per heavy atom. The predicted octanol–water partition coefficient (Wildman–Crippen LogP) is 3.54. The van der Waals surface area contributed by atoms with Crippen molar-refractivity contribution in [2.45, 2.75) is 63.6 Å². The van der Waals surface area contributed by atoms with E-state index in [2.05, 4.69) is 44.9 Å². The molecule has 1 N–H and O–H groups in total. The fourth-order valence-corrected chi connectivity index (χ4v) is 4.70. The van der Waals surface area contributed by atoms with Gasteiger partial charge >= 0.3 is 0 Å². The molecule has 29 heavy (non-hydrogen) atoms. The van der Waals surface area contributed by atoms with Crippen LogP contribution in [0.1, 0.15) is 54.4 Å². The van der Waals surface area contributed by atoms with Gasteiger partial charge in [-0.15, -0.1) is 10.2 Å². The highest BCUT2D eigenvalue weighted by Crippen LogP contribution is 2.36. The molecule has 2 aliphatic rings. The minimum absolute atomic E-state index is 0.198. The Bertz CT molecular complexity index is 993. The molecule has 0 bridgehead atoms. The summed E-state index contributed by atoms with van der Waals surface area (Å²) in [5.41, 5.74) is 3.54. The van der Waals surface area contributed by atoms with E-state index in [1.165, 1.54) is 11.1 Å². The largest absolute Gasteiger partial charge is 0.474 e. The quantitative estimate of drug-likeness (QED) is 0.741. The number of aryl methyl sites for hydroxylation is 1. The summed E-state index contributed by atoms with van der Waals surface area (Å²) in [6, 6.07) is 12.1. The number of aromatic nitrogens is 4. The molecule has 0 spiro atoms. The number of benzene rings is 1. The summed E-state index contributed by atoms with van der Waals surface area (Å²) in [5, 5.41) is 19.6. The normalized spacial score (nSPS) is 23.7. The van der Waals surface area contributed by atoms with Crippen molar-refractivity contribution in [1.29, 1.82) is 0 Å². The zero-order chi connectivity index (χ0) is 19.8. The zero-order valence-corrected chi connectivity index (χ0v) is 16.7. The third kappa shape index (κ3) is 3.53.